The fraction of sp³-hybridized carbons (Fsp3) is 0.818. The third-order valence-corrected chi connectivity index (χ3v) is 1.67. The highest BCUT2D eigenvalue weighted by Gasteiger charge is 2.03. The Bertz CT molecular complexity index is 176. The SMILES string of the molecule is CCCC(O)C#CC(O)CC(C)C. The Balaban J connectivity index is 3.79. The Kier molecular flexibility index (Phi) is 6.66. The summed E-state index contributed by atoms with van der Waals surface area (Å²) in [6.45, 7) is 6.07. The summed E-state index contributed by atoms with van der Waals surface area (Å²) in [5.41, 5.74) is 0. The van der Waals surface area contributed by atoms with Crippen molar-refractivity contribution in [3.05, 3.63) is 0 Å². The molecule has 2 nitrogen and oxygen atoms in total. The lowest BCUT2D eigenvalue weighted by Crippen LogP contribution is -2.09. The number of hydrogen-bond donors (Lipinski definition) is 2. The molecule has 0 aromatic heterocycles. The number of aliphatic hydroxyl groups is 2. The van der Waals surface area contributed by atoms with Gasteiger partial charge in [-0.3, -0.25) is 0 Å². The Morgan fingerprint density at radius 3 is 2.08 bits per heavy atom. The zero-order chi connectivity index (χ0) is 10.3. The van der Waals surface area contributed by atoms with Crippen molar-refractivity contribution in [2.75, 3.05) is 0 Å². The van der Waals surface area contributed by atoms with Crippen molar-refractivity contribution in [1.29, 1.82) is 0 Å². The van der Waals surface area contributed by atoms with Gasteiger partial charge in [-0.2, -0.15) is 0 Å². The van der Waals surface area contributed by atoms with Crippen LogP contribution >= 0.6 is 0 Å². The number of hydrogen-bond acceptors (Lipinski definition) is 2. The predicted octanol–water partition coefficient (Wildman–Crippen LogP) is 1.56. The van der Waals surface area contributed by atoms with Crippen molar-refractivity contribution in [3.63, 3.8) is 0 Å². The van der Waals surface area contributed by atoms with Crippen LogP contribution in [-0.4, -0.2) is 22.4 Å². The first-order chi connectivity index (χ1) is 6.06. The van der Waals surface area contributed by atoms with Gasteiger partial charge in [0.1, 0.15) is 12.2 Å². The molecule has 0 aromatic carbocycles. The topological polar surface area (TPSA) is 40.5 Å². The second-order valence-electron chi connectivity index (χ2n) is 3.74. The van der Waals surface area contributed by atoms with Gasteiger partial charge < -0.3 is 10.2 Å². The monoisotopic (exact) mass is 184 g/mol. The van der Waals surface area contributed by atoms with Gasteiger partial charge in [0.05, 0.1) is 0 Å². The number of rotatable bonds is 4. The number of aliphatic hydroxyl groups excluding tert-OH is 2. The smallest absolute Gasteiger partial charge is 0.115 e. The van der Waals surface area contributed by atoms with Crippen molar-refractivity contribution >= 4 is 0 Å². The molecule has 0 rings (SSSR count). The van der Waals surface area contributed by atoms with Crippen molar-refractivity contribution in [3.8, 4) is 11.8 Å². The minimum atomic E-state index is -0.591. The van der Waals surface area contributed by atoms with Crippen LogP contribution in [0.3, 0.4) is 0 Å². The lowest BCUT2D eigenvalue weighted by Gasteiger charge is -2.06. The maximum absolute atomic E-state index is 9.35. The lowest BCUT2D eigenvalue weighted by atomic mass is 10.1. The quantitative estimate of drug-likeness (QED) is 0.651. The Hall–Kier alpha value is -0.520. The fourth-order valence-electron chi connectivity index (χ4n) is 1.04. The molecule has 0 bridgehead atoms. The molecule has 0 aromatic rings. The summed E-state index contributed by atoms with van der Waals surface area (Å²) in [6, 6.07) is 0. The van der Waals surface area contributed by atoms with Crippen molar-refractivity contribution in [2.24, 2.45) is 5.92 Å². The molecule has 13 heavy (non-hydrogen) atoms. The molecule has 2 N–H and O–H groups in total. The molecule has 2 unspecified atom stereocenters. The first-order valence-corrected chi connectivity index (χ1v) is 4.93. The van der Waals surface area contributed by atoms with Crippen LogP contribution in [0.25, 0.3) is 0 Å². The highest BCUT2D eigenvalue weighted by Crippen LogP contribution is 2.03. The van der Waals surface area contributed by atoms with Gasteiger partial charge in [-0.25, -0.2) is 0 Å². The highest BCUT2D eigenvalue weighted by atomic mass is 16.3. The molecule has 0 saturated carbocycles. The van der Waals surface area contributed by atoms with Gasteiger partial charge in [-0.05, 0) is 18.8 Å². The molecule has 0 amide bonds. The summed E-state index contributed by atoms with van der Waals surface area (Å²) >= 11 is 0. The Labute approximate surface area is 81.0 Å². The van der Waals surface area contributed by atoms with Crippen LogP contribution in [0.1, 0.15) is 40.0 Å². The first-order valence-electron chi connectivity index (χ1n) is 4.93. The molecule has 0 fully saturated rings. The molecule has 0 heterocycles. The third kappa shape index (κ3) is 7.83. The van der Waals surface area contributed by atoms with Gasteiger partial charge in [-0.1, -0.05) is 39.0 Å². The molecule has 2 heteroatoms. The van der Waals surface area contributed by atoms with Gasteiger partial charge in [0.2, 0.25) is 0 Å². The summed E-state index contributed by atoms with van der Waals surface area (Å²) in [5.74, 6) is 5.74. The van der Waals surface area contributed by atoms with Crippen molar-refractivity contribution < 1.29 is 10.2 Å². The minimum Gasteiger partial charge on any atom is -0.380 e. The average Bonchev–Trinajstić information content (AvgIpc) is 2.00. The van der Waals surface area contributed by atoms with E-state index in [1.165, 1.54) is 0 Å². The predicted molar refractivity (Wildman–Crippen MR) is 54.2 cm³/mol. The van der Waals surface area contributed by atoms with Crippen molar-refractivity contribution in [1.82, 2.24) is 0 Å². The standard InChI is InChI=1S/C11H20O2/c1-4-5-10(12)6-7-11(13)8-9(2)3/h9-13H,4-5,8H2,1-3H3. The second-order valence-corrected chi connectivity index (χ2v) is 3.74. The molecular weight excluding hydrogens is 164 g/mol. The molecule has 0 aliphatic rings. The Morgan fingerprint density at radius 1 is 1.08 bits per heavy atom. The molecule has 2 atom stereocenters. The first kappa shape index (κ1) is 12.5. The van der Waals surface area contributed by atoms with Crippen LogP contribution in [0.15, 0.2) is 0 Å². The van der Waals surface area contributed by atoms with E-state index in [4.69, 9.17) is 0 Å². The average molecular weight is 184 g/mol. The summed E-state index contributed by atoms with van der Waals surface area (Å²) in [7, 11) is 0. The van der Waals surface area contributed by atoms with Gasteiger partial charge in [0.25, 0.3) is 0 Å². The van der Waals surface area contributed by atoms with Crippen LogP contribution in [0.5, 0.6) is 0 Å². The van der Waals surface area contributed by atoms with E-state index in [1.807, 2.05) is 20.8 Å². The molecular formula is C11H20O2. The van der Waals surface area contributed by atoms with E-state index in [0.717, 1.165) is 6.42 Å². The summed E-state index contributed by atoms with van der Waals surface area (Å²) in [4.78, 5) is 0. The van der Waals surface area contributed by atoms with Gasteiger partial charge >= 0.3 is 0 Å². The largest absolute Gasteiger partial charge is 0.380 e. The van der Waals surface area contributed by atoms with E-state index in [2.05, 4.69) is 11.8 Å². The molecule has 0 aliphatic heterocycles. The zero-order valence-electron chi connectivity index (χ0n) is 8.75. The van der Waals surface area contributed by atoms with E-state index in [-0.39, 0.29) is 0 Å². The van der Waals surface area contributed by atoms with Crippen LogP contribution < -0.4 is 0 Å². The lowest BCUT2D eigenvalue weighted by molar-refractivity contribution is 0.199. The molecule has 0 radical (unpaired) electrons. The molecule has 0 spiro atoms. The summed E-state index contributed by atoms with van der Waals surface area (Å²) < 4.78 is 0. The van der Waals surface area contributed by atoms with Crippen LogP contribution in [-0.2, 0) is 0 Å². The van der Waals surface area contributed by atoms with E-state index in [9.17, 15) is 10.2 Å². The molecule has 76 valence electrons. The van der Waals surface area contributed by atoms with Crippen LogP contribution in [0.2, 0.25) is 0 Å². The molecule has 0 aliphatic carbocycles. The highest BCUT2D eigenvalue weighted by molar-refractivity contribution is 5.08. The summed E-state index contributed by atoms with van der Waals surface area (Å²) in [5, 5.41) is 18.6. The van der Waals surface area contributed by atoms with Crippen LogP contribution in [0.4, 0.5) is 0 Å². The van der Waals surface area contributed by atoms with Crippen LogP contribution in [0, 0.1) is 17.8 Å². The van der Waals surface area contributed by atoms with E-state index in [1.54, 1.807) is 0 Å². The van der Waals surface area contributed by atoms with Crippen molar-refractivity contribution in [2.45, 2.75) is 52.2 Å². The van der Waals surface area contributed by atoms with Gasteiger partial charge in [-0.15, -0.1) is 0 Å². The molecule has 0 saturated heterocycles. The maximum atomic E-state index is 9.35. The minimum absolute atomic E-state index is 0.438. The van der Waals surface area contributed by atoms with E-state index in [0.29, 0.717) is 18.8 Å². The summed E-state index contributed by atoms with van der Waals surface area (Å²) in [6.07, 6.45) is 1.10. The van der Waals surface area contributed by atoms with Gasteiger partial charge in [0.15, 0.2) is 0 Å². The van der Waals surface area contributed by atoms with E-state index < -0.39 is 12.2 Å². The fourth-order valence-corrected chi connectivity index (χ4v) is 1.04. The zero-order valence-corrected chi connectivity index (χ0v) is 8.75. The van der Waals surface area contributed by atoms with E-state index >= 15 is 0 Å². The third-order valence-electron chi connectivity index (χ3n) is 1.67. The second kappa shape index (κ2) is 6.94. The normalized spacial score (nSPS) is 14.9. The van der Waals surface area contributed by atoms with Gasteiger partial charge in [0, 0.05) is 0 Å². The Morgan fingerprint density at radius 2 is 1.62 bits per heavy atom. The maximum Gasteiger partial charge on any atom is 0.115 e.